The van der Waals surface area contributed by atoms with Crippen LogP contribution in [0.15, 0.2) is 86.0 Å². The maximum atomic E-state index is 11.8. The number of aliphatic hydroxyl groups excluding tert-OH is 1. The predicted molar refractivity (Wildman–Crippen MR) is 246 cm³/mol. The van der Waals surface area contributed by atoms with E-state index in [9.17, 15) is 31.0 Å². The number of halogens is 4. The van der Waals surface area contributed by atoms with Gasteiger partial charge in [0.1, 0.15) is 39.4 Å². The highest BCUT2D eigenvalue weighted by Crippen LogP contribution is 2.38. The lowest BCUT2D eigenvalue weighted by molar-refractivity contribution is 0.271. The van der Waals surface area contributed by atoms with Gasteiger partial charge in [0.15, 0.2) is 0 Å². The Morgan fingerprint density at radius 3 is 1.70 bits per heavy atom. The largest absolute Gasteiger partial charge is 0.493 e. The van der Waals surface area contributed by atoms with Gasteiger partial charge >= 0.3 is 0 Å². The number of rotatable bonds is 22. The lowest BCUT2D eigenvalue weighted by atomic mass is 10.1. The Balaban J connectivity index is 1.54. The highest BCUT2D eigenvalue weighted by atomic mass is 35.5. The molecule has 0 radical (unpaired) electrons. The molecule has 0 amide bonds. The number of benzene rings is 4. The molecule has 1 heterocycles. The number of unbranched alkanes of at least 4 members (excludes halogenated alkanes) is 1. The Morgan fingerprint density at radius 1 is 0.688 bits per heavy atom. The van der Waals surface area contributed by atoms with Gasteiger partial charge in [-0.25, -0.2) is 4.98 Å². The molecule has 4 N–H and O–H groups in total. The van der Waals surface area contributed by atoms with Gasteiger partial charge < -0.3 is 19.9 Å². The maximum absolute atomic E-state index is 11.8. The molecule has 0 bridgehead atoms. The number of hydrogen-bond donors (Lipinski definition) is 4. The van der Waals surface area contributed by atoms with Gasteiger partial charge in [0.05, 0.1) is 58.1 Å². The van der Waals surface area contributed by atoms with E-state index in [1.165, 1.54) is 24.3 Å². The third-order valence-corrected chi connectivity index (χ3v) is 12.3. The van der Waals surface area contributed by atoms with Crippen LogP contribution in [0, 0.1) is 6.92 Å². The normalized spacial score (nSPS) is 12.6. The number of azo groups is 2. The van der Waals surface area contributed by atoms with Crippen molar-refractivity contribution in [3.63, 3.8) is 0 Å². The zero-order valence-corrected chi connectivity index (χ0v) is 39.3. The molecule has 23 heteroatoms. The van der Waals surface area contributed by atoms with Crippen LogP contribution in [-0.4, -0.2) is 77.6 Å². The second-order valence-corrected chi connectivity index (χ2v) is 18.8. The van der Waals surface area contributed by atoms with E-state index in [4.69, 9.17) is 60.9 Å². The number of hydrogen-bond acceptors (Lipinski definition) is 15. The zero-order chi connectivity index (χ0) is 46.6. The van der Waals surface area contributed by atoms with Crippen LogP contribution in [0.1, 0.15) is 67.9 Å². The van der Waals surface area contributed by atoms with E-state index in [1.54, 1.807) is 30.3 Å². The molecule has 0 spiro atoms. The summed E-state index contributed by atoms with van der Waals surface area (Å²) in [6.07, 6.45) is 2.26. The summed E-state index contributed by atoms with van der Waals surface area (Å²) in [5.74, 6) is 0.826. The first-order chi connectivity index (χ1) is 30.3. The van der Waals surface area contributed by atoms with E-state index >= 15 is 0 Å². The van der Waals surface area contributed by atoms with Crippen LogP contribution in [-0.2, 0) is 33.1 Å². The monoisotopic (exact) mass is 996 g/mol. The fraction of sp³-hybridized carbons (Fsp3) is 0.341. The number of aromatic nitrogens is 3. The molecule has 0 saturated heterocycles. The smallest absolute Gasteiger partial charge is 0.296 e. The molecule has 1 aromatic heterocycles. The predicted octanol–water partition coefficient (Wildman–Crippen LogP) is 11.1. The fourth-order valence-electron chi connectivity index (χ4n) is 5.77. The molecule has 64 heavy (non-hydrogen) atoms. The number of nitrogens with one attached hydrogen (secondary N) is 1. The summed E-state index contributed by atoms with van der Waals surface area (Å²) in [6.45, 7) is 5.86. The van der Waals surface area contributed by atoms with E-state index in [0.29, 0.717) is 57.1 Å². The summed E-state index contributed by atoms with van der Waals surface area (Å²) in [4.78, 5) is 13.5. The lowest BCUT2D eigenvalue weighted by Crippen LogP contribution is -2.25. The van der Waals surface area contributed by atoms with Gasteiger partial charge in [0.25, 0.3) is 20.2 Å². The maximum Gasteiger partial charge on any atom is 0.296 e. The third-order valence-electron chi connectivity index (χ3n) is 9.17. The molecule has 0 fully saturated rings. The van der Waals surface area contributed by atoms with Crippen LogP contribution in [0.3, 0.4) is 0 Å². The van der Waals surface area contributed by atoms with E-state index in [2.05, 4.69) is 35.7 Å². The van der Waals surface area contributed by atoms with Crippen molar-refractivity contribution < 1.29 is 40.5 Å². The average molecular weight is 999 g/mol. The minimum atomic E-state index is -4.67. The summed E-state index contributed by atoms with van der Waals surface area (Å²) in [5.41, 5.74) is 2.97. The SMILES string of the molecule is CCCCOc1cc(N=Nc2ccc(Cl)c(C)c2)c(Cl)cc1Cc1nc(Cc2cc(Cl)c(N=Nc3ccc(Cl)c(S(=O)(=O)O)c3)cc2OCCCS(=O)(=O)O)nc(NC(CC)CO)n1. The summed E-state index contributed by atoms with van der Waals surface area (Å²) < 4.78 is 77.5. The molecule has 1 atom stereocenters. The Kier molecular flexibility index (Phi) is 18.2. The Hall–Kier alpha value is -4.57. The number of nitrogens with zero attached hydrogens (tertiary/aromatic N) is 7. The van der Waals surface area contributed by atoms with Gasteiger partial charge in [0, 0.05) is 41.1 Å². The molecule has 0 aliphatic rings. The Labute approximate surface area is 390 Å². The molecule has 0 aliphatic carbocycles. The Bertz CT molecular complexity index is 2750. The quantitative estimate of drug-likeness (QED) is 0.0286. The molecule has 0 aliphatic heterocycles. The van der Waals surface area contributed by atoms with Crippen molar-refractivity contribution in [2.75, 3.05) is 30.9 Å². The zero-order valence-electron chi connectivity index (χ0n) is 34.7. The minimum absolute atomic E-state index is 0.0100. The molecule has 5 aromatic rings. The molecule has 4 aromatic carbocycles. The molecule has 0 saturated carbocycles. The molecular formula is C41H44Cl4N8O9S2. The number of aliphatic hydroxyl groups is 1. The lowest BCUT2D eigenvalue weighted by Gasteiger charge is -2.17. The molecule has 342 valence electrons. The first-order valence-corrected chi connectivity index (χ1v) is 24.2. The second-order valence-electron chi connectivity index (χ2n) is 14.2. The standard InChI is InChI=1S/C41H44Cl4N8O9S2/c1-4-6-12-61-36-21-34(52-50-28-8-10-30(42)24(3)15-28)32(44)16-25(36)18-39-47-40(49-41(48-39)46-27(5-2)23-54)19-26-17-33(45)35(22-37(26)62-13-7-14-63(55,56)57)53-51-29-9-11-31(43)38(20-29)64(58,59)60/h8-11,15-17,20-22,27,54H,4-7,12-14,18-19,23H2,1-3H3,(H,55,56,57)(H,58,59,60)(H,46,47,48,49). The first-order valence-electron chi connectivity index (χ1n) is 19.7. The average Bonchev–Trinajstić information content (AvgIpc) is 3.23. The van der Waals surface area contributed by atoms with Gasteiger partial charge in [-0.05, 0) is 80.3 Å². The van der Waals surface area contributed by atoms with Gasteiger partial charge in [-0.1, -0.05) is 66.7 Å². The van der Waals surface area contributed by atoms with Gasteiger partial charge in [-0.15, -0.1) is 10.2 Å². The third kappa shape index (κ3) is 15.0. The molecule has 5 rings (SSSR count). The highest BCUT2D eigenvalue weighted by Gasteiger charge is 2.20. The van der Waals surface area contributed by atoms with Crippen LogP contribution in [0.4, 0.5) is 28.7 Å². The summed E-state index contributed by atoms with van der Waals surface area (Å²) in [7, 11) is -8.95. The highest BCUT2D eigenvalue weighted by molar-refractivity contribution is 7.86. The number of ether oxygens (including phenoxy) is 2. The summed E-state index contributed by atoms with van der Waals surface area (Å²) in [5, 5.41) is 30.9. The number of anilines is 1. The van der Waals surface area contributed by atoms with Crippen LogP contribution < -0.4 is 14.8 Å². The molecule has 1 unspecified atom stereocenters. The summed E-state index contributed by atoms with van der Waals surface area (Å²) >= 11 is 25.6. The van der Waals surface area contributed by atoms with Crippen LogP contribution in [0.5, 0.6) is 11.5 Å². The summed E-state index contributed by atoms with van der Waals surface area (Å²) in [6, 6.07) is 14.9. The van der Waals surface area contributed by atoms with Crippen LogP contribution in [0.25, 0.3) is 0 Å². The second kappa shape index (κ2) is 23.1. The van der Waals surface area contributed by atoms with Gasteiger partial charge in [-0.2, -0.15) is 37.0 Å². The van der Waals surface area contributed by atoms with E-state index in [1.807, 2.05) is 20.8 Å². The van der Waals surface area contributed by atoms with Crippen molar-refractivity contribution in [1.82, 2.24) is 15.0 Å². The molecule has 17 nitrogen and oxygen atoms in total. The van der Waals surface area contributed by atoms with Gasteiger partial charge in [-0.3, -0.25) is 9.11 Å². The van der Waals surface area contributed by atoms with Crippen LogP contribution in [0.2, 0.25) is 20.1 Å². The molecular weight excluding hydrogens is 954 g/mol. The number of aryl methyl sites for hydroxylation is 1. The van der Waals surface area contributed by atoms with Crippen LogP contribution >= 0.6 is 46.4 Å². The fourth-order valence-corrected chi connectivity index (χ4v) is 7.82. The van der Waals surface area contributed by atoms with Crippen molar-refractivity contribution in [1.29, 1.82) is 0 Å². The van der Waals surface area contributed by atoms with Crippen molar-refractivity contribution in [2.24, 2.45) is 20.5 Å². The topological polar surface area (TPSA) is 248 Å². The van der Waals surface area contributed by atoms with E-state index in [-0.39, 0.29) is 71.4 Å². The van der Waals surface area contributed by atoms with Crippen molar-refractivity contribution in [2.45, 2.75) is 70.2 Å². The first kappa shape index (κ1) is 50.4. The van der Waals surface area contributed by atoms with Crippen molar-refractivity contribution >= 4 is 95.3 Å². The van der Waals surface area contributed by atoms with Crippen molar-refractivity contribution in [3.8, 4) is 11.5 Å². The van der Waals surface area contributed by atoms with Crippen molar-refractivity contribution in [3.05, 3.63) is 109 Å². The van der Waals surface area contributed by atoms with E-state index < -0.39 is 36.9 Å². The van der Waals surface area contributed by atoms with Gasteiger partial charge in [0.2, 0.25) is 5.95 Å². The van der Waals surface area contributed by atoms with E-state index in [0.717, 1.165) is 24.5 Å². The minimum Gasteiger partial charge on any atom is -0.493 e. The Morgan fingerprint density at radius 2 is 1.22 bits per heavy atom.